The van der Waals surface area contributed by atoms with Crippen LogP contribution < -0.4 is 4.90 Å². The molecule has 1 saturated heterocycles. The maximum absolute atomic E-state index is 5.34. The van der Waals surface area contributed by atoms with Crippen molar-refractivity contribution in [1.82, 2.24) is 0 Å². The van der Waals surface area contributed by atoms with Crippen LogP contribution in [-0.2, 0) is 4.74 Å². The van der Waals surface area contributed by atoms with Gasteiger partial charge in [-0.2, -0.15) is 12.6 Å². The van der Waals surface area contributed by atoms with E-state index in [0.717, 1.165) is 26.3 Å². The lowest BCUT2D eigenvalue weighted by Crippen LogP contribution is -2.36. The standard InChI is InChI=1S/C12H17NOS/c1-10(15)11-3-2-4-12(9-11)13-5-7-14-8-6-13/h2-4,9-10,15H,5-8H2,1H3. The average Bonchev–Trinajstić information content (AvgIpc) is 2.30. The zero-order chi connectivity index (χ0) is 10.7. The highest BCUT2D eigenvalue weighted by molar-refractivity contribution is 7.80. The van der Waals surface area contributed by atoms with Gasteiger partial charge in [0.25, 0.3) is 0 Å². The summed E-state index contributed by atoms with van der Waals surface area (Å²) in [6.45, 7) is 5.75. The highest BCUT2D eigenvalue weighted by Gasteiger charge is 2.11. The van der Waals surface area contributed by atoms with Crippen LogP contribution in [0.5, 0.6) is 0 Å². The third-order valence-electron chi connectivity index (χ3n) is 2.73. The zero-order valence-electron chi connectivity index (χ0n) is 9.02. The fourth-order valence-corrected chi connectivity index (χ4v) is 1.96. The van der Waals surface area contributed by atoms with E-state index in [0.29, 0.717) is 5.25 Å². The van der Waals surface area contributed by atoms with E-state index in [1.165, 1.54) is 11.3 Å². The van der Waals surface area contributed by atoms with Crippen LogP contribution >= 0.6 is 12.6 Å². The molecule has 1 unspecified atom stereocenters. The summed E-state index contributed by atoms with van der Waals surface area (Å²) in [4.78, 5) is 2.36. The van der Waals surface area contributed by atoms with E-state index in [9.17, 15) is 0 Å². The summed E-state index contributed by atoms with van der Waals surface area (Å²) < 4.78 is 5.34. The van der Waals surface area contributed by atoms with Gasteiger partial charge in [-0.15, -0.1) is 0 Å². The molecule has 0 bridgehead atoms. The molecule has 1 aliphatic heterocycles. The van der Waals surface area contributed by atoms with Crippen LogP contribution in [0.1, 0.15) is 17.7 Å². The van der Waals surface area contributed by atoms with Crippen LogP contribution in [0.25, 0.3) is 0 Å². The molecule has 0 aromatic heterocycles. The maximum Gasteiger partial charge on any atom is 0.0642 e. The minimum Gasteiger partial charge on any atom is -0.378 e. The third kappa shape index (κ3) is 2.67. The van der Waals surface area contributed by atoms with E-state index in [1.807, 2.05) is 0 Å². The van der Waals surface area contributed by atoms with Crippen LogP contribution in [-0.4, -0.2) is 26.3 Å². The lowest BCUT2D eigenvalue weighted by Gasteiger charge is -2.29. The summed E-state index contributed by atoms with van der Waals surface area (Å²) in [6.07, 6.45) is 0. The molecule has 0 aliphatic carbocycles. The van der Waals surface area contributed by atoms with Crippen molar-refractivity contribution in [3.63, 3.8) is 0 Å². The van der Waals surface area contributed by atoms with E-state index < -0.39 is 0 Å². The van der Waals surface area contributed by atoms with Gasteiger partial charge in [-0.25, -0.2) is 0 Å². The predicted octanol–water partition coefficient (Wildman–Crippen LogP) is 2.51. The number of rotatable bonds is 2. The van der Waals surface area contributed by atoms with E-state index >= 15 is 0 Å². The van der Waals surface area contributed by atoms with Crippen molar-refractivity contribution >= 4 is 18.3 Å². The Bertz CT molecular complexity index is 321. The highest BCUT2D eigenvalue weighted by atomic mass is 32.1. The molecule has 0 amide bonds. The first-order chi connectivity index (χ1) is 7.27. The van der Waals surface area contributed by atoms with E-state index in [1.54, 1.807) is 0 Å². The number of anilines is 1. The van der Waals surface area contributed by atoms with Crippen molar-refractivity contribution < 1.29 is 4.74 Å². The molecular formula is C12H17NOS. The second kappa shape index (κ2) is 4.90. The average molecular weight is 223 g/mol. The lowest BCUT2D eigenvalue weighted by atomic mass is 10.1. The highest BCUT2D eigenvalue weighted by Crippen LogP contribution is 2.24. The quantitative estimate of drug-likeness (QED) is 0.773. The van der Waals surface area contributed by atoms with Gasteiger partial charge in [0.2, 0.25) is 0 Å². The van der Waals surface area contributed by atoms with E-state index in [4.69, 9.17) is 4.74 Å². The van der Waals surface area contributed by atoms with Crippen molar-refractivity contribution in [1.29, 1.82) is 0 Å². The van der Waals surface area contributed by atoms with Crippen molar-refractivity contribution in [2.24, 2.45) is 0 Å². The Morgan fingerprint density at radius 2 is 2.07 bits per heavy atom. The van der Waals surface area contributed by atoms with Gasteiger partial charge in [-0.05, 0) is 24.6 Å². The summed E-state index contributed by atoms with van der Waals surface area (Å²) in [5.74, 6) is 0. The third-order valence-corrected chi connectivity index (χ3v) is 3.03. The van der Waals surface area contributed by atoms with Crippen molar-refractivity contribution in [2.45, 2.75) is 12.2 Å². The monoisotopic (exact) mass is 223 g/mol. The van der Waals surface area contributed by atoms with Crippen LogP contribution in [0, 0.1) is 0 Å². The second-order valence-electron chi connectivity index (χ2n) is 3.87. The number of benzene rings is 1. The summed E-state index contributed by atoms with van der Waals surface area (Å²) >= 11 is 4.46. The number of thiol groups is 1. The van der Waals surface area contributed by atoms with Crippen molar-refractivity contribution in [3.8, 4) is 0 Å². The second-order valence-corrected chi connectivity index (χ2v) is 4.64. The van der Waals surface area contributed by atoms with Gasteiger partial charge in [0, 0.05) is 24.0 Å². The largest absolute Gasteiger partial charge is 0.378 e. The SMILES string of the molecule is CC(S)c1cccc(N2CCOCC2)c1. The van der Waals surface area contributed by atoms with E-state index in [2.05, 4.69) is 48.7 Å². The van der Waals surface area contributed by atoms with Gasteiger partial charge in [-0.3, -0.25) is 0 Å². The Hall–Kier alpha value is -0.670. The minimum atomic E-state index is 0.297. The molecule has 1 atom stereocenters. The Labute approximate surface area is 96.6 Å². The molecule has 1 heterocycles. The summed E-state index contributed by atoms with van der Waals surface area (Å²) in [6, 6.07) is 8.61. The molecule has 0 saturated carbocycles. The van der Waals surface area contributed by atoms with Crippen molar-refractivity contribution in [2.75, 3.05) is 31.2 Å². The Morgan fingerprint density at radius 3 is 2.73 bits per heavy atom. The van der Waals surface area contributed by atoms with Crippen molar-refractivity contribution in [3.05, 3.63) is 29.8 Å². The van der Waals surface area contributed by atoms with Gasteiger partial charge in [-0.1, -0.05) is 12.1 Å². The predicted molar refractivity (Wildman–Crippen MR) is 66.9 cm³/mol. The van der Waals surface area contributed by atoms with Crippen LogP contribution in [0.3, 0.4) is 0 Å². The number of nitrogens with zero attached hydrogens (tertiary/aromatic N) is 1. The number of morpholine rings is 1. The molecule has 2 rings (SSSR count). The molecular weight excluding hydrogens is 206 g/mol. The molecule has 0 spiro atoms. The first-order valence-electron chi connectivity index (χ1n) is 5.38. The first kappa shape index (κ1) is 10.8. The topological polar surface area (TPSA) is 12.5 Å². The van der Waals surface area contributed by atoms with E-state index in [-0.39, 0.29) is 0 Å². The minimum absolute atomic E-state index is 0.297. The number of ether oxygens (including phenoxy) is 1. The van der Waals surface area contributed by atoms with Gasteiger partial charge in [0.1, 0.15) is 0 Å². The Balaban J connectivity index is 2.16. The summed E-state index contributed by atoms with van der Waals surface area (Å²) in [7, 11) is 0. The summed E-state index contributed by atoms with van der Waals surface area (Å²) in [5.41, 5.74) is 2.57. The van der Waals surface area contributed by atoms with Gasteiger partial charge in [0.15, 0.2) is 0 Å². The zero-order valence-corrected chi connectivity index (χ0v) is 9.91. The number of hydrogen-bond acceptors (Lipinski definition) is 3. The molecule has 0 N–H and O–H groups in total. The van der Waals surface area contributed by atoms with Crippen LogP contribution in [0.2, 0.25) is 0 Å². The molecule has 15 heavy (non-hydrogen) atoms. The summed E-state index contributed by atoms with van der Waals surface area (Å²) in [5, 5.41) is 0.297. The van der Waals surface area contributed by atoms with Crippen LogP contribution in [0.15, 0.2) is 24.3 Å². The molecule has 1 aromatic carbocycles. The smallest absolute Gasteiger partial charge is 0.0642 e. The fourth-order valence-electron chi connectivity index (χ4n) is 1.80. The molecule has 82 valence electrons. The number of hydrogen-bond donors (Lipinski definition) is 1. The Morgan fingerprint density at radius 1 is 1.33 bits per heavy atom. The first-order valence-corrected chi connectivity index (χ1v) is 5.90. The molecule has 1 aliphatic rings. The molecule has 1 fully saturated rings. The van der Waals surface area contributed by atoms with Gasteiger partial charge < -0.3 is 9.64 Å². The van der Waals surface area contributed by atoms with Crippen LogP contribution in [0.4, 0.5) is 5.69 Å². The molecule has 3 heteroatoms. The molecule has 2 nitrogen and oxygen atoms in total. The fraction of sp³-hybridized carbons (Fsp3) is 0.500. The van der Waals surface area contributed by atoms with Gasteiger partial charge >= 0.3 is 0 Å². The maximum atomic E-state index is 5.34. The van der Waals surface area contributed by atoms with Gasteiger partial charge in [0.05, 0.1) is 13.2 Å². The normalized spacial score (nSPS) is 18.9. The molecule has 1 aromatic rings. The molecule has 0 radical (unpaired) electrons. The Kier molecular flexibility index (Phi) is 3.54. The lowest BCUT2D eigenvalue weighted by molar-refractivity contribution is 0.122.